The van der Waals surface area contributed by atoms with Gasteiger partial charge in [0.15, 0.2) is 11.2 Å². The quantitative estimate of drug-likeness (QED) is 0.703. The van der Waals surface area contributed by atoms with Crippen LogP contribution in [0.15, 0.2) is 46.2 Å². The van der Waals surface area contributed by atoms with Gasteiger partial charge in [0.05, 0.1) is 12.9 Å². The normalized spacial score (nSPS) is 11.2. The molecule has 0 fully saturated rings. The molecule has 7 nitrogen and oxygen atoms in total. The van der Waals surface area contributed by atoms with E-state index in [1.54, 1.807) is 11.6 Å². The van der Waals surface area contributed by atoms with Gasteiger partial charge in [0.1, 0.15) is 6.73 Å². The fraction of sp³-hybridized carbons (Fsp3) is 0.312. The Kier molecular flexibility index (Phi) is 4.12. The summed E-state index contributed by atoms with van der Waals surface area (Å²) in [5.41, 5.74) is 0.889. The zero-order valence-corrected chi connectivity index (χ0v) is 13.1. The molecule has 0 radical (unpaired) electrons. The minimum atomic E-state index is -0.381. The number of imidazole rings is 1. The van der Waals surface area contributed by atoms with E-state index in [-0.39, 0.29) is 24.5 Å². The number of fused-ring (bicyclic) bond motifs is 1. The van der Waals surface area contributed by atoms with Crippen molar-refractivity contribution in [2.24, 2.45) is 7.05 Å². The van der Waals surface area contributed by atoms with Crippen molar-refractivity contribution in [3.8, 4) is 0 Å². The second-order valence-corrected chi connectivity index (χ2v) is 5.23. The highest BCUT2D eigenvalue weighted by Crippen LogP contribution is 2.07. The molecule has 0 N–H and O–H groups in total. The maximum absolute atomic E-state index is 12.8. The topological polar surface area (TPSA) is 71.1 Å². The molecule has 2 aromatic heterocycles. The number of hydrogen-bond acceptors (Lipinski definition) is 4. The van der Waals surface area contributed by atoms with Crippen LogP contribution in [0.25, 0.3) is 11.2 Å². The number of rotatable bonds is 5. The van der Waals surface area contributed by atoms with Crippen LogP contribution in [-0.2, 0) is 25.1 Å². The van der Waals surface area contributed by atoms with Gasteiger partial charge in [-0.3, -0.25) is 13.9 Å². The van der Waals surface area contributed by atoms with Crippen LogP contribution in [0.3, 0.4) is 0 Å². The van der Waals surface area contributed by atoms with E-state index in [2.05, 4.69) is 4.98 Å². The number of hydrogen-bond donors (Lipinski definition) is 0. The van der Waals surface area contributed by atoms with Crippen LogP contribution in [0.4, 0.5) is 0 Å². The molecule has 0 unspecified atom stereocenters. The minimum absolute atomic E-state index is 0.224. The molecule has 0 atom stereocenters. The number of aryl methyl sites for hydroxylation is 1. The Morgan fingerprint density at radius 2 is 1.91 bits per heavy atom. The highest BCUT2D eigenvalue weighted by Gasteiger charge is 2.16. The molecule has 0 aliphatic heterocycles. The molecule has 3 rings (SSSR count). The predicted octanol–water partition coefficient (Wildman–Crippen LogP) is 0.939. The highest BCUT2D eigenvalue weighted by molar-refractivity contribution is 5.69. The molecule has 7 heteroatoms. The van der Waals surface area contributed by atoms with Crippen LogP contribution < -0.4 is 11.2 Å². The van der Waals surface area contributed by atoms with E-state index in [1.165, 1.54) is 15.5 Å². The van der Waals surface area contributed by atoms with Crippen molar-refractivity contribution in [2.75, 3.05) is 6.61 Å². The average molecular weight is 314 g/mol. The lowest BCUT2D eigenvalue weighted by Crippen LogP contribution is -2.40. The monoisotopic (exact) mass is 314 g/mol. The van der Waals surface area contributed by atoms with E-state index in [9.17, 15) is 9.59 Å². The van der Waals surface area contributed by atoms with E-state index in [0.29, 0.717) is 17.8 Å². The molecular formula is C16H18N4O3. The van der Waals surface area contributed by atoms with Crippen LogP contribution in [0.2, 0.25) is 0 Å². The number of benzene rings is 1. The average Bonchev–Trinajstić information content (AvgIpc) is 3.00. The number of aromatic nitrogens is 4. The van der Waals surface area contributed by atoms with E-state index in [1.807, 2.05) is 37.3 Å². The summed E-state index contributed by atoms with van der Waals surface area (Å²) in [7, 11) is 1.61. The molecule has 0 aliphatic rings. The smallest absolute Gasteiger partial charge is 0.332 e. The second-order valence-electron chi connectivity index (χ2n) is 5.23. The van der Waals surface area contributed by atoms with Gasteiger partial charge in [-0.15, -0.1) is 0 Å². The standard InChI is InChI=1S/C16H18N4O3/c1-3-23-11-19-10-17-14-13(19)15(21)20(16(22)18(14)2)9-12-7-5-4-6-8-12/h4-8,10H,3,9,11H2,1-2H3. The maximum Gasteiger partial charge on any atom is 0.332 e. The van der Waals surface area contributed by atoms with Gasteiger partial charge in [-0.25, -0.2) is 9.78 Å². The summed E-state index contributed by atoms with van der Waals surface area (Å²) >= 11 is 0. The van der Waals surface area contributed by atoms with Crippen molar-refractivity contribution >= 4 is 11.2 Å². The van der Waals surface area contributed by atoms with Crippen molar-refractivity contribution in [1.82, 2.24) is 18.7 Å². The molecule has 0 aliphatic carbocycles. The minimum Gasteiger partial charge on any atom is -0.361 e. The van der Waals surface area contributed by atoms with Crippen LogP contribution >= 0.6 is 0 Å². The van der Waals surface area contributed by atoms with Crippen LogP contribution in [0.5, 0.6) is 0 Å². The number of nitrogens with zero attached hydrogens (tertiary/aromatic N) is 4. The molecule has 0 amide bonds. The Morgan fingerprint density at radius 1 is 1.17 bits per heavy atom. The summed E-state index contributed by atoms with van der Waals surface area (Å²) < 4.78 is 9.60. The van der Waals surface area contributed by atoms with Gasteiger partial charge in [0.25, 0.3) is 5.56 Å². The van der Waals surface area contributed by atoms with Crippen molar-refractivity contribution in [3.05, 3.63) is 63.1 Å². The predicted molar refractivity (Wildman–Crippen MR) is 86.4 cm³/mol. The first-order chi connectivity index (χ1) is 11.1. The third-order valence-electron chi connectivity index (χ3n) is 3.72. The molecule has 23 heavy (non-hydrogen) atoms. The van der Waals surface area contributed by atoms with Gasteiger partial charge in [-0.1, -0.05) is 30.3 Å². The zero-order valence-electron chi connectivity index (χ0n) is 13.1. The lowest BCUT2D eigenvalue weighted by Gasteiger charge is -2.10. The van der Waals surface area contributed by atoms with Gasteiger partial charge < -0.3 is 9.30 Å². The summed E-state index contributed by atoms with van der Waals surface area (Å²) in [6.45, 7) is 2.86. The Morgan fingerprint density at radius 3 is 2.61 bits per heavy atom. The molecular weight excluding hydrogens is 296 g/mol. The largest absolute Gasteiger partial charge is 0.361 e. The van der Waals surface area contributed by atoms with E-state index >= 15 is 0 Å². The Balaban J connectivity index is 2.18. The first kappa shape index (κ1) is 15.2. The highest BCUT2D eigenvalue weighted by atomic mass is 16.5. The van der Waals surface area contributed by atoms with Crippen LogP contribution in [-0.4, -0.2) is 25.3 Å². The van der Waals surface area contributed by atoms with Gasteiger partial charge in [-0.2, -0.15) is 0 Å². The lowest BCUT2D eigenvalue weighted by molar-refractivity contribution is 0.0903. The molecule has 0 saturated carbocycles. The third kappa shape index (κ3) is 2.70. The van der Waals surface area contributed by atoms with E-state index in [0.717, 1.165) is 5.56 Å². The fourth-order valence-corrected chi connectivity index (χ4v) is 2.51. The first-order valence-corrected chi connectivity index (χ1v) is 7.39. The summed E-state index contributed by atoms with van der Waals surface area (Å²) in [4.78, 5) is 29.4. The molecule has 2 heterocycles. The van der Waals surface area contributed by atoms with Gasteiger partial charge in [0.2, 0.25) is 0 Å². The van der Waals surface area contributed by atoms with E-state index in [4.69, 9.17) is 4.74 Å². The molecule has 0 bridgehead atoms. The molecule has 3 aromatic rings. The maximum atomic E-state index is 12.8. The zero-order chi connectivity index (χ0) is 16.4. The van der Waals surface area contributed by atoms with Crippen LogP contribution in [0.1, 0.15) is 12.5 Å². The number of ether oxygens (including phenoxy) is 1. The summed E-state index contributed by atoms with van der Waals surface area (Å²) in [6.07, 6.45) is 1.52. The Bertz CT molecular complexity index is 938. The summed E-state index contributed by atoms with van der Waals surface area (Å²) in [6, 6.07) is 9.41. The molecule has 0 saturated heterocycles. The first-order valence-electron chi connectivity index (χ1n) is 7.39. The summed E-state index contributed by atoms with van der Waals surface area (Å²) in [5, 5.41) is 0. The van der Waals surface area contributed by atoms with E-state index < -0.39 is 0 Å². The van der Waals surface area contributed by atoms with Crippen LogP contribution in [0, 0.1) is 0 Å². The second kappa shape index (κ2) is 6.21. The van der Waals surface area contributed by atoms with Crippen molar-refractivity contribution in [1.29, 1.82) is 0 Å². The SMILES string of the molecule is CCOCn1cnc2c1c(=O)n(Cc1ccccc1)c(=O)n2C. The molecule has 120 valence electrons. The Labute approximate surface area is 132 Å². The van der Waals surface area contributed by atoms with Gasteiger partial charge in [-0.05, 0) is 12.5 Å². The van der Waals surface area contributed by atoms with Crippen molar-refractivity contribution in [2.45, 2.75) is 20.2 Å². The van der Waals surface area contributed by atoms with Crippen molar-refractivity contribution in [3.63, 3.8) is 0 Å². The molecule has 1 aromatic carbocycles. The van der Waals surface area contributed by atoms with Crippen molar-refractivity contribution < 1.29 is 4.74 Å². The van der Waals surface area contributed by atoms with Gasteiger partial charge in [0, 0.05) is 13.7 Å². The summed E-state index contributed by atoms with van der Waals surface area (Å²) in [5.74, 6) is 0. The third-order valence-corrected chi connectivity index (χ3v) is 3.72. The molecule has 0 spiro atoms. The lowest BCUT2D eigenvalue weighted by atomic mass is 10.2. The van der Waals surface area contributed by atoms with Gasteiger partial charge >= 0.3 is 5.69 Å². The fourth-order valence-electron chi connectivity index (χ4n) is 2.51. The Hall–Kier alpha value is -2.67.